The number of nitrogens with zero attached hydrogens (tertiary/aromatic N) is 4. The van der Waals surface area contributed by atoms with E-state index in [0.717, 1.165) is 0 Å². The van der Waals surface area contributed by atoms with Crippen LogP contribution in [0, 0.1) is 0 Å². The molecule has 0 fully saturated rings. The summed E-state index contributed by atoms with van der Waals surface area (Å²) in [6.07, 6.45) is 3.23. The number of carbonyl (C=O) groups is 2. The number of nitrogens with one attached hydrogen (secondary N) is 2. The van der Waals surface area contributed by atoms with Crippen molar-refractivity contribution in [2.45, 2.75) is 12.5 Å². The van der Waals surface area contributed by atoms with E-state index in [1.165, 1.54) is 4.68 Å². The molecular formula is C18H16N6O3. The van der Waals surface area contributed by atoms with Crippen molar-refractivity contribution in [3.8, 4) is 17.1 Å². The van der Waals surface area contributed by atoms with Crippen LogP contribution >= 0.6 is 0 Å². The summed E-state index contributed by atoms with van der Waals surface area (Å²) in [5, 5.41) is 9.84. The van der Waals surface area contributed by atoms with Crippen LogP contribution < -0.4 is 15.4 Å². The van der Waals surface area contributed by atoms with Crippen molar-refractivity contribution >= 4 is 23.5 Å². The van der Waals surface area contributed by atoms with Gasteiger partial charge in [0.1, 0.15) is 11.8 Å². The van der Waals surface area contributed by atoms with Gasteiger partial charge in [-0.3, -0.25) is 19.9 Å². The number of aromatic nitrogens is 4. The minimum Gasteiger partial charge on any atom is -0.497 e. The highest BCUT2D eigenvalue weighted by molar-refractivity contribution is 6.00. The Morgan fingerprint density at radius 2 is 2.22 bits per heavy atom. The molecule has 0 saturated heterocycles. The average Bonchev–Trinajstić information content (AvgIpc) is 3.12. The average molecular weight is 364 g/mol. The van der Waals surface area contributed by atoms with Gasteiger partial charge in [-0.15, -0.1) is 5.10 Å². The fraction of sp³-hybridized carbons (Fsp3) is 0.167. The summed E-state index contributed by atoms with van der Waals surface area (Å²) < 4.78 is 6.59. The number of ether oxygens (including phenoxy) is 1. The molecule has 1 aliphatic heterocycles. The van der Waals surface area contributed by atoms with E-state index in [2.05, 4.69) is 25.7 Å². The molecule has 3 heterocycles. The van der Waals surface area contributed by atoms with E-state index < -0.39 is 6.04 Å². The normalized spacial score (nSPS) is 15.6. The number of rotatable bonds is 4. The summed E-state index contributed by atoms with van der Waals surface area (Å²) in [7, 11) is 1.55. The SMILES string of the molecule is COc1cccc(NC(=O)[C@H]2CC(=O)Nc3nc(-c4cccnc4)nn32)c1. The van der Waals surface area contributed by atoms with E-state index in [4.69, 9.17) is 4.74 Å². The summed E-state index contributed by atoms with van der Waals surface area (Å²) >= 11 is 0. The lowest BCUT2D eigenvalue weighted by Gasteiger charge is -2.22. The first-order valence-corrected chi connectivity index (χ1v) is 8.26. The number of anilines is 2. The van der Waals surface area contributed by atoms with Crippen LogP contribution in [0.3, 0.4) is 0 Å². The molecule has 4 rings (SSSR count). The number of benzene rings is 1. The van der Waals surface area contributed by atoms with Crippen molar-refractivity contribution < 1.29 is 14.3 Å². The van der Waals surface area contributed by atoms with Crippen LogP contribution in [0.1, 0.15) is 12.5 Å². The van der Waals surface area contributed by atoms with Crippen molar-refractivity contribution in [1.29, 1.82) is 0 Å². The maximum atomic E-state index is 12.8. The summed E-state index contributed by atoms with van der Waals surface area (Å²) in [5.41, 5.74) is 1.26. The second kappa shape index (κ2) is 6.87. The molecule has 0 aliphatic carbocycles. The molecule has 136 valence electrons. The molecule has 0 spiro atoms. The van der Waals surface area contributed by atoms with Gasteiger partial charge in [0, 0.05) is 29.7 Å². The van der Waals surface area contributed by atoms with Crippen LogP contribution in [-0.4, -0.2) is 38.7 Å². The third-order valence-electron chi connectivity index (χ3n) is 4.12. The molecular weight excluding hydrogens is 348 g/mol. The summed E-state index contributed by atoms with van der Waals surface area (Å²) in [6, 6.07) is 9.75. The fourth-order valence-corrected chi connectivity index (χ4v) is 2.81. The third-order valence-corrected chi connectivity index (χ3v) is 4.12. The largest absolute Gasteiger partial charge is 0.497 e. The monoisotopic (exact) mass is 364 g/mol. The van der Waals surface area contributed by atoms with E-state index in [-0.39, 0.29) is 24.2 Å². The van der Waals surface area contributed by atoms with Gasteiger partial charge in [-0.05, 0) is 24.3 Å². The molecule has 2 N–H and O–H groups in total. The quantitative estimate of drug-likeness (QED) is 0.731. The molecule has 2 aromatic heterocycles. The second-order valence-corrected chi connectivity index (χ2v) is 5.93. The first kappa shape index (κ1) is 16.7. The molecule has 9 heteroatoms. The zero-order valence-electron chi connectivity index (χ0n) is 14.4. The molecule has 0 bridgehead atoms. The second-order valence-electron chi connectivity index (χ2n) is 5.93. The van der Waals surface area contributed by atoms with Crippen molar-refractivity contribution in [2.24, 2.45) is 0 Å². The van der Waals surface area contributed by atoms with E-state index in [9.17, 15) is 9.59 Å². The highest BCUT2D eigenvalue weighted by Crippen LogP contribution is 2.27. The lowest BCUT2D eigenvalue weighted by molar-refractivity contribution is -0.125. The lowest BCUT2D eigenvalue weighted by Crippen LogP contribution is -2.36. The Morgan fingerprint density at radius 1 is 1.33 bits per heavy atom. The van der Waals surface area contributed by atoms with E-state index in [1.54, 1.807) is 49.8 Å². The first-order chi connectivity index (χ1) is 13.1. The Labute approximate surface area is 154 Å². The molecule has 1 aliphatic rings. The highest BCUT2D eigenvalue weighted by atomic mass is 16.5. The molecule has 3 aromatic rings. The molecule has 0 radical (unpaired) electrons. The predicted molar refractivity (Wildman–Crippen MR) is 97.2 cm³/mol. The lowest BCUT2D eigenvalue weighted by atomic mass is 10.1. The zero-order valence-corrected chi connectivity index (χ0v) is 14.4. The van der Waals surface area contributed by atoms with Gasteiger partial charge in [-0.25, -0.2) is 4.68 Å². The van der Waals surface area contributed by atoms with E-state index in [0.29, 0.717) is 22.8 Å². The molecule has 0 saturated carbocycles. The number of hydrogen-bond donors (Lipinski definition) is 2. The van der Waals surface area contributed by atoms with Gasteiger partial charge < -0.3 is 10.1 Å². The minimum absolute atomic E-state index is 0.0291. The molecule has 27 heavy (non-hydrogen) atoms. The Bertz CT molecular complexity index is 1000. The van der Waals surface area contributed by atoms with Crippen LogP contribution in [0.15, 0.2) is 48.8 Å². The third kappa shape index (κ3) is 3.34. The summed E-state index contributed by atoms with van der Waals surface area (Å²) in [4.78, 5) is 33.2. The standard InChI is InChI=1S/C18H16N6O3/c1-27-13-6-2-5-12(8-13)20-17(26)14-9-15(25)21-18-22-16(23-24(14)18)11-4-3-7-19-10-11/h2-8,10,14H,9H2,1H3,(H,20,26)(H,21,22,23,25)/t14-/m1/s1. The van der Waals surface area contributed by atoms with Gasteiger partial charge in [0.25, 0.3) is 0 Å². The van der Waals surface area contributed by atoms with Gasteiger partial charge in [0.05, 0.1) is 13.5 Å². The Hall–Kier alpha value is -3.75. The Kier molecular flexibility index (Phi) is 4.25. The van der Waals surface area contributed by atoms with Gasteiger partial charge in [0.2, 0.25) is 17.8 Å². The fourth-order valence-electron chi connectivity index (χ4n) is 2.81. The smallest absolute Gasteiger partial charge is 0.249 e. The van der Waals surface area contributed by atoms with Gasteiger partial charge in [-0.2, -0.15) is 4.98 Å². The minimum atomic E-state index is -0.808. The van der Waals surface area contributed by atoms with Crippen molar-refractivity contribution in [3.63, 3.8) is 0 Å². The number of methoxy groups -OCH3 is 1. The number of pyridine rings is 1. The summed E-state index contributed by atoms with van der Waals surface area (Å²) in [6.45, 7) is 0. The Balaban J connectivity index is 1.63. The van der Waals surface area contributed by atoms with Crippen molar-refractivity contribution in [3.05, 3.63) is 48.8 Å². The number of hydrogen-bond acceptors (Lipinski definition) is 6. The summed E-state index contributed by atoms with van der Waals surface area (Å²) in [5.74, 6) is 0.588. The Morgan fingerprint density at radius 3 is 3.00 bits per heavy atom. The van der Waals surface area contributed by atoms with Gasteiger partial charge in [-0.1, -0.05) is 6.07 Å². The molecule has 9 nitrogen and oxygen atoms in total. The van der Waals surface area contributed by atoms with Crippen LogP contribution in [0.5, 0.6) is 5.75 Å². The number of amides is 2. The first-order valence-electron chi connectivity index (χ1n) is 8.26. The van der Waals surface area contributed by atoms with Crippen LogP contribution in [0.2, 0.25) is 0 Å². The molecule has 0 unspecified atom stereocenters. The number of fused-ring (bicyclic) bond motifs is 1. The number of carbonyl (C=O) groups excluding carboxylic acids is 2. The van der Waals surface area contributed by atoms with Crippen molar-refractivity contribution in [1.82, 2.24) is 19.7 Å². The van der Waals surface area contributed by atoms with Crippen LogP contribution in [0.25, 0.3) is 11.4 Å². The maximum Gasteiger partial charge on any atom is 0.249 e. The van der Waals surface area contributed by atoms with E-state index >= 15 is 0 Å². The zero-order chi connectivity index (χ0) is 18.8. The van der Waals surface area contributed by atoms with Crippen molar-refractivity contribution in [2.75, 3.05) is 17.7 Å². The van der Waals surface area contributed by atoms with Crippen LogP contribution in [-0.2, 0) is 9.59 Å². The predicted octanol–water partition coefficient (Wildman–Crippen LogP) is 1.87. The highest BCUT2D eigenvalue weighted by Gasteiger charge is 2.33. The topological polar surface area (TPSA) is 111 Å². The molecule has 1 aromatic carbocycles. The molecule has 2 amide bonds. The van der Waals surface area contributed by atoms with Gasteiger partial charge >= 0.3 is 0 Å². The molecule has 1 atom stereocenters. The van der Waals surface area contributed by atoms with Gasteiger partial charge in [0.15, 0.2) is 5.82 Å². The maximum absolute atomic E-state index is 12.8. The van der Waals surface area contributed by atoms with E-state index in [1.807, 2.05) is 6.07 Å². The van der Waals surface area contributed by atoms with Crippen LogP contribution in [0.4, 0.5) is 11.6 Å².